The van der Waals surface area contributed by atoms with Crippen LogP contribution in [-0.2, 0) is 23.8 Å². The average Bonchev–Trinajstić information content (AvgIpc) is 2.47. The van der Waals surface area contributed by atoms with E-state index in [2.05, 4.69) is 24.5 Å². The van der Waals surface area contributed by atoms with Gasteiger partial charge in [0.15, 0.2) is 0 Å². The molecule has 0 bridgehead atoms. The Balaban J connectivity index is 3.24. The molecule has 0 saturated carbocycles. The van der Waals surface area contributed by atoms with Crippen molar-refractivity contribution in [2.75, 3.05) is 46.2 Å². The first-order valence-electron chi connectivity index (χ1n) is 8.20. The highest BCUT2D eigenvalue weighted by Gasteiger charge is 2.10. The van der Waals surface area contributed by atoms with Gasteiger partial charge < -0.3 is 24.8 Å². The number of amides is 2. The van der Waals surface area contributed by atoms with E-state index in [-0.39, 0.29) is 17.9 Å². The Bertz CT molecular complexity index is 324. The van der Waals surface area contributed by atoms with Gasteiger partial charge in [0, 0.05) is 25.9 Å². The van der Waals surface area contributed by atoms with Crippen molar-refractivity contribution in [3.63, 3.8) is 0 Å². The predicted octanol–water partition coefficient (Wildman–Crippen LogP) is 0.723. The summed E-state index contributed by atoms with van der Waals surface area (Å²) >= 11 is 0. The molecule has 0 aliphatic rings. The molecule has 2 amide bonds. The van der Waals surface area contributed by atoms with Crippen LogP contribution in [0.25, 0.3) is 0 Å². The Kier molecular flexibility index (Phi) is 13.7. The van der Waals surface area contributed by atoms with Crippen LogP contribution in [0.2, 0.25) is 0 Å². The molecule has 2 N–H and O–H groups in total. The van der Waals surface area contributed by atoms with Crippen LogP contribution >= 0.6 is 0 Å². The summed E-state index contributed by atoms with van der Waals surface area (Å²) in [5, 5.41) is 5.57. The average molecular weight is 332 g/mol. The monoisotopic (exact) mass is 332 g/mol. The summed E-state index contributed by atoms with van der Waals surface area (Å²) in [5.41, 5.74) is 0. The van der Waals surface area contributed by atoms with E-state index in [1.165, 1.54) is 6.92 Å². The zero-order chi connectivity index (χ0) is 17.5. The molecule has 7 heteroatoms. The quantitative estimate of drug-likeness (QED) is 0.458. The first-order valence-corrected chi connectivity index (χ1v) is 8.20. The fraction of sp³-hybridized carbons (Fsp3) is 0.875. The van der Waals surface area contributed by atoms with E-state index in [9.17, 15) is 9.59 Å². The zero-order valence-electron chi connectivity index (χ0n) is 14.9. The van der Waals surface area contributed by atoms with Crippen molar-refractivity contribution >= 4 is 11.8 Å². The minimum absolute atomic E-state index is 0.0136. The summed E-state index contributed by atoms with van der Waals surface area (Å²) < 4.78 is 15.9. The molecule has 0 spiro atoms. The molecule has 0 saturated heterocycles. The molecule has 0 aromatic rings. The van der Waals surface area contributed by atoms with Gasteiger partial charge in [-0.3, -0.25) is 9.59 Å². The number of carbonyl (C=O) groups is 2. The molecular weight excluding hydrogens is 300 g/mol. The molecule has 0 fully saturated rings. The van der Waals surface area contributed by atoms with E-state index < -0.39 is 0 Å². The van der Waals surface area contributed by atoms with Gasteiger partial charge in [-0.1, -0.05) is 13.8 Å². The fourth-order valence-electron chi connectivity index (χ4n) is 1.50. The summed E-state index contributed by atoms with van der Waals surface area (Å²) in [6.45, 7) is 10.9. The standard InChI is InChI=1S/C16H32N2O5/c1-13(2)14(3)18-16(20)5-7-21-9-11-23-12-10-22-8-6-17-15(4)19/h13-14H,5-12H2,1-4H3,(H,17,19)(H,18,20). The van der Waals surface area contributed by atoms with E-state index in [0.29, 0.717) is 58.5 Å². The van der Waals surface area contributed by atoms with Gasteiger partial charge in [0.1, 0.15) is 0 Å². The van der Waals surface area contributed by atoms with Crippen LogP contribution < -0.4 is 10.6 Å². The molecule has 1 atom stereocenters. The lowest BCUT2D eigenvalue weighted by atomic mass is 10.1. The summed E-state index contributed by atoms with van der Waals surface area (Å²) in [6, 6.07) is 0.177. The summed E-state index contributed by atoms with van der Waals surface area (Å²) in [4.78, 5) is 22.2. The highest BCUT2D eigenvalue weighted by Crippen LogP contribution is 1.99. The van der Waals surface area contributed by atoms with E-state index in [1.807, 2.05) is 6.92 Å². The highest BCUT2D eigenvalue weighted by atomic mass is 16.5. The number of hydrogen-bond acceptors (Lipinski definition) is 5. The molecule has 7 nitrogen and oxygen atoms in total. The van der Waals surface area contributed by atoms with E-state index >= 15 is 0 Å². The first kappa shape index (κ1) is 21.8. The molecule has 0 aliphatic heterocycles. The Morgan fingerprint density at radius 2 is 1.39 bits per heavy atom. The van der Waals surface area contributed by atoms with Gasteiger partial charge in [0.2, 0.25) is 11.8 Å². The second kappa shape index (κ2) is 14.4. The normalized spacial score (nSPS) is 12.2. The van der Waals surface area contributed by atoms with Crippen LogP contribution in [-0.4, -0.2) is 64.0 Å². The van der Waals surface area contributed by atoms with Gasteiger partial charge in [-0.15, -0.1) is 0 Å². The molecule has 0 radical (unpaired) electrons. The Hall–Kier alpha value is -1.18. The molecule has 0 aromatic heterocycles. The highest BCUT2D eigenvalue weighted by molar-refractivity contribution is 5.76. The van der Waals surface area contributed by atoms with Crippen molar-refractivity contribution in [1.82, 2.24) is 10.6 Å². The molecule has 0 aliphatic carbocycles. The molecule has 1 unspecified atom stereocenters. The minimum Gasteiger partial charge on any atom is -0.379 e. The van der Waals surface area contributed by atoms with E-state index in [0.717, 1.165) is 0 Å². The zero-order valence-corrected chi connectivity index (χ0v) is 14.9. The van der Waals surface area contributed by atoms with Crippen LogP contribution in [0.4, 0.5) is 0 Å². The number of nitrogens with one attached hydrogen (secondary N) is 2. The van der Waals surface area contributed by atoms with Gasteiger partial charge >= 0.3 is 0 Å². The van der Waals surface area contributed by atoms with Gasteiger partial charge in [0.05, 0.1) is 39.6 Å². The molecule has 23 heavy (non-hydrogen) atoms. The van der Waals surface area contributed by atoms with Crippen molar-refractivity contribution in [2.24, 2.45) is 5.92 Å². The smallest absolute Gasteiger partial charge is 0.222 e. The third-order valence-corrected chi connectivity index (χ3v) is 3.23. The second-order valence-electron chi connectivity index (χ2n) is 5.67. The van der Waals surface area contributed by atoms with Gasteiger partial charge in [-0.2, -0.15) is 0 Å². The first-order chi connectivity index (χ1) is 10.9. The lowest BCUT2D eigenvalue weighted by molar-refractivity contribution is -0.123. The van der Waals surface area contributed by atoms with Crippen LogP contribution in [0.5, 0.6) is 0 Å². The number of rotatable bonds is 14. The van der Waals surface area contributed by atoms with Crippen molar-refractivity contribution in [1.29, 1.82) is 0 Å². The summed E-state index contributed by atoms with van der Waals surface area (Å²) in [6.07, 6.45) is 0.364. The maximum absolute atomic E-state index is 11.6. The topological polar surface area (TPSA) is 85.9 Å². The summed E-state index contributed by atoms with van der Waals surface area (Å²) in [5.74, 6) is 0.378. The Morgan fingerprint density at radius 3 is 1.91 bits per heavy atom. The fourth-order valence-corrected chi connectivity index (χ4v) is 1.50. The lowest BCUT2D eigenvalue weighted by Crippen LogP contribution is -2.36. The van der Waals surface area contributed by atoms with Crippen LogP contribution in [0.15, 0.2) is 0 Å². The Labute approximate surface area is 139 Å². The van der Waals surface area contributed by atoms with E-state index in [1.54, 1.807) is 0 Å². The van der Waals surface area contributed by atoms with Gasteiger partial charge in [-0.05, 0) is 12.8 Å². The molecule has 136 valence electrons. The largest absolute Gasteiger partial charge is 0.379 e. The summed E-state index contributed by atoms with van der Waals surface area (Å²) in [7, 11) is 0. The SMILES string of the molecule is CC(=O)NCCOCCOCCOCCC(=O)NC(C)C(C)C. The third kappa shape index (κ3) is 15.5. The molecule has 0 rings (SSSR count). The van der Waals surface area contributed by atoms with Crippen LogP contribution in [0, 0.1) is 5.92 Å². The van der Waals surface area contributed by atoms with Crippen LogP contribution in [0.3, 0.4) is 0 Å². The lowest BCUT2D eigenvalue weighted by Gasteiger charge is -2.17. The maximum Gasteiger partial charge on any atom is 0.222 e. The molecule has 0 aromatic carbocycles. The second-order valence-corrected chi connectivity index (χ2v) is 5.67. The predicted molar refractivity (Wildman–Crippen MR) is 88.2 cm³/mol. The maximum atomic E-state index is 11.6. The third-order valence-electron chi connectivity index (χ3n) is 3.23. The van der Waals surface area contributed by atoms with Crippen LogP contribution in [0.1, 0.15) is 34.1 Å². The van der Waals surface area contributed by atoms with Crippen molar-refractivity contribution in [3.05, 3.63) is 0 Å². The number of carbonyl (C=O) groups excluding carboxylic acids is 2. The number of ether oxygens (including phenoxy) is 3. The van der Waals surface area contributed by atoms with E-state index in [4.69, 9.17) is 14.2 Å². The molecular formula is C16H32N2O5. The van der Waals surface area contributed by atoms with Crippen molar-refractivity contribution in [3.8, 4) is 0 Å². The minimum atomic E-state index is -0.0608. The van der Waals surface area contributed by atoms with Crippen molar-refractivity contribution < 1.29 is 23.8 Å². The molecule has 0 heterocycles. The van der Waals surface area contributed by atoms with Gasteiger partial charge in [-0.25, -0.2) is 0 Å². The Morgan fingerprint density at radius 1 is 0.870 bits per heavy atom. The van der Waals surface area contributed by atoms with Gasteiger partial charge in [0.25, 0.3) is 0 Å². The van der Waals surface area contributed by atoms with Crippen molar-refractivity contribution in [2.45, 2.75) is 40.2 Å². The number of hydrogen-bond donors (Lipinski definition) is 2.